The van der Waals surface area contributed by atoms with E-state index in [1.165, 1.54) is 18.3 Å². The molecule has 7 heteroatoms. The first-order valence-corrected chi connectivity index (χ1v) is 5.28. The van der Waals surface area contributed by atoms with E-state index in [4.69, 9.17) is 4.74 Å². The Balaban J connectivity index is 2.34. The highest BCUT2D eigenvalue weighted by molar-refractivity contribution is 5.58. The smallest absolute Gasteiger partial charge is 0.311 e. The normalized spacial score (nSPS) is 20.3. The van der Waals surface area contributed by atoms with Gasteiger partial charge >= 0.3 is 5.69 Å². The zero-order valence-electron chi connectivity index (χ0n) is 9.15. The van der Waals surface area contributed by atoms with Crippen LogP contribution in [-0.4, -0.2) is 47.4 Å². The van der Waals surface area contributed by atoms with Crippen molar-refractivity contribution in [3.05, 3.63) is 28.4 Å². The minimum Gasteiger partial charge on any atom is -0.394 e. The standard InChI is InChI=1S/C10H13N3O4/c14-6-8-7-17-5-4-12(8)10-9(13(15)16)2-1-3-11-10/h1-3,8,14H,4-7H2. The second-order valence-electron chi connectivity index (χ2n) is 3.71. The second-order valence-corrected chi connectivity index (χ2v) is 3.71. The number of morpholine rings is 1. The summed E-state index contributed by atoms with van der Waals surface area (Å²) < 4.78 is 5.23. The molecular formula is C10H13N3O4. The number of aliphatic hydroxyl groups excluding tert-OH is 1. The topological polar surface area (TPSA) is 88.7 Å². The van der Waals surface area contributed by atoms with Crippen molar-refractivity contribution in [3.8, 4) is 0 Å². The van der Waals surface area contributed by atoms with E-state index in [2.05, 4.69) is 4.98 Å². The number of nitro groups is 1. The molecule has 0 aliphatic carbocycles. The molecule has 1 atom stereocenters. The fraction of sp³-hybridized carbons (Fsp3) is 0.500. The first-order chi connectivity index (χ1) is 8.24. The van der Waals surface area contributed by atoms with Crippen molar-refractivity contribution < 1.29 is 14.8 Å². The van der Waals surface area contributed by atoms with Gasteiger partial charge in [0.25, 0.3) is 0 Å². The summed E-state index contributed by atoms with van der Waals surface area (Å²) in [6, 6.07) is 2.65. The van der Waals surface area contributed by atoms with Gasteiger partial charge in [0, 0.05) is 18.8 Å². The summed E-state index contributed by atoms with van der Waals surface area (Å²) in [7, 11) is 0. The molecule has 2 heterocycles. The summed E-state index contributed by atoms with van der Waals surface area (Å²) in [5.41, 5.74) is -0.0483. The van der Waals surface area contributed by atoms with E-state index in [0.717, 1.165) is 0 Å². The molecule has 92 valence electrons. The van der Waals surface area contributed by atoms with Gasteiger partial charge in [-0.05, 0) is 6.07 Å². The SMILES string of the molecule is O=[N+]([O-])c1cccnc1N1CCOCC1CO. The van der Waals surface area contributed by atoms with Crippen molar-refractivity contribution in [2.24, 2.45) is 0 Å². The number of nitrogens with zero attached hydrogens (tertiary/aromatic N) is 3. The van der Waals surface area contributed by atoms with Gasteiger partial charge < -0.3 is 14.7 Å². The lowest BCUT2D eigenvalue weighted by molar-refractivity contribution is -0.384. The Labute approximate surface area is 97.8 Å². The molecule has 17 heavy (non-hydrogen) atoms. The molecule has 0 amide bonds. The Morgan fingerprint density at radius 1 is 1.71 bits per heavy atom. The van der Waals surface area contributed by atoms with Gasteiger partial charge in [0.2, 0.25) is 5.82 Å². The van der Waals surface area contributed by atoms with Crippen LogP contribution in [0.1, 0.15) is 0 Å². The molecular weight excluding hydrogens is 226 g/mol. The van der Waals surface area contributed by atoms with Gasteiger partial charge in [-0.2, -0.15) is 0 Å². The highest BCUT2D eigenvalue weighted by Gasteiger charge is 2.28. The van der Waals surface area contributed by atoms with Crippen LogP contribution < -0.4 is 4.90 Å². The number of aliphatic hydroxyl groups is 1. The van der Waals surface area contributed by atoms with E-state index < -0.39 is 4.92 Å². The third kappa shape index (κ3) is 2.34. The van der Waals surface area contributed by atoms with Crippen LogP contribution in [0.3, 0.4) is 0 Å². The molecule has 0 aromatic carbocycles. The van der Waals surface area contributed by atoms with Gasteiger partial charge in [-0.3, -0.25) is 10.1 Å². The van der Waals surface area contributed by atoms with E-state index in [1.807, 2.05) is 0 Å². The number of hydrogen-bond donors (Lipinski definition) is 1. The van der Waals surface area contributed by atoms with Crippen LogP contribution in [0.15, 0.2) is 18.3 Å². The lowest BCUT2D eigenvalue weighted by atomic mass is 10.2. The zero-order chi connectivity index (χ0) is 12.3. The van der Waals surface area contributed by atoms with Crippen molar-refractivity contribution in [2.75, 3.05) is 31.3 Å². The van der Waals surface area contributed by atoms with Gasteiger partial charge in [-0.15, -0.1) is 0 Å². The highest BCUT2D eigenvalue weighted by atomic mass is 16.6. The molecule has 7 nitrogen and oxygen atoms in total. The van der Waals surface area contributed by atoms with Gasteiger partial charge in [-0.25, -0.2) is 4.98 Å². The summed E-state index contributed by atoms with van der Waals surface area (Å²) in [4.78, 5) is 16.2. The average Bonchev–Trinajstić information content (AvgIpc) is 2.38. The van der Waals surface area contributed by atoms with E-state index in [0.29, 0.717) is 25.6 Å². The van der Waals surface area contributed by atoms with E-state index in [-0.39, 0.29) is 18.3 Å². The van der Waals surface area contributed by atoms with Crippen molar-refractivity contribution in [1.29, 1.82) is 0 Å². The van der Waals surface area contributed by atoms with Crippen molar-refractivity contribution in [2.45, 2.75) is 6.04 Å². The van der Waals surface area contributed by atoms with Crippen LogP contribution in [0.5, 0.6) is 0 Å². The predicted molar refractivity (Wildman–Crippen MR) is 59.9 cm³/mol. The number of ether oxygens (including phenoxy) is 1. The maximum atomic E-state index is 10.9. The molecule has 0 saturated carbocycles. The first-order valence-electron chi connectivity index (χ1n) is 5.28. The third-order valence-electron chi connectivity index (χ3n) is 2.67. The largest absolute Gasteiger partial charge is 0.394 e. The molecule has 1 aliphatic heterocycles. The Morgan fingerprint density at radius 2 is 2.53 bits per heavy atom. The maximum absolute atomic E-state index is 10.9. The minimum atomic E-state index is -0.466. The first kappa shape index (κ1) is 11.7. The van der Waals surface area contributed by atoms with Gasteiger partial charge in [0.15, 0.2) is 0 Å². The summed E-state index contributed by atoms with van der Waals surface area (Å²) in [5, 5.41) is 20.1. The molecule has 1 unspecified atom stereocenters. The van der Waals surface area contributed by atoms with E-state index in [9.17, 15) is 15.2 Å². The molecule has 0 radical (unpaired) electrons. The molecule has 1 aromatic rings. The molecule has 0 bridgehead atoms. The molecule has 1 fully saturated rings. The molecule has 1 saturated heterocycles. The maximum Gasteiger partial charge on any atom is 0.311 e. The molecule has 1 N–H and O–H groups in total. The van der Waals surface area contributed by atoms with Crippen molar-refractivity contribution in [3.63, 3.8) is 0 Å². The summed E-state index contributed by atoms with van der Waals surface area (Å²) in [6.45, 7) is 1.20. The molecule has 1 aliphatic rings. The van der Waals surface area contributed by atoms with Crippen molar-refractivity contribution >= 4 is 11.5 Å². The van der Waals surface area contributed by atoms with Crippen LogP contribution in [-0.2, 0) is 4.74 Å². The number of pyridine rings is 1. The summed E-state index contributed by atoms with van der Waals surface area (Å²) in [5.74, 6) is 0.292. The summed E-state index contributed by atoms with van der Waals surface area (Å²) >= 11 is 0. The third-order valence-corrected chi connectivity index (χ3v) is 2.67. The Morgan fingerprint density at radius 3 is 3.24 bits per heavy atom. The van der Waals surface area contributed by atoms with Gasteiger partial charge in [0.1, 0.15) is 0 Å². The van der Waals surface area contributed by atoms with Crippen molar-refractivity contribution in [1.82, 2.24) is 4.98 Å². The molecule has 2 rings (SSSR count). The number of hydrogen-bond acceptors (Lipinski definition) is 6. The second kappa shape index (κ2) is 5.07. The lowest BCUT2D eigenvalue weighted by Crippen LogP contribution is -2.48. The Bertz CT molecular complexity index is 412. The number of rotatable bonds is 3. The monoisotopic (exact) mass is 239 g/mol. The van der Waals surface area contributed by atoms with Crippen LogP contribution in [0.25, 0.3) is 0 Å². The molecule has 0 spiro atoms. The van der Waals surface area contributed by atoms with E-state index >= 15 is 0 Å². The summed E-state index contributed by atoms with van der Waals surface area (Å²) in [6.07, 6.45) is 1.51. The Kier molecular flexibility index (Phi) is 3.50. The number of anilines is 1. The van der Waals surface area contributed by atoms with Crippen LogP contribution in [0, 0.1) is 10.1 Å². The molecule has 1 aromatic heterocycles. The van der Waals surface area contributed by atoms with E-state index in [1.54, 1.807) is 4.90 Å². The minimum absolute atomic E-state index is 0.0483. The number of aromatic nitrogens is 1. The van der Waals surface area contributed by atoms with Crippen LogP contribution in [0.4, 0.5) is 11.5 Å². The fourth-order valence-corrected chi connectivity index (χ4v) is 1.84. The quantitative estimate of drug-likeness (QED) is 0.598. The van der Waals surface area contributed by atoms with Gasteiger partial charge in [0.05, 0.1) is 30.8 Å². The highest BCUT2D eigenvalue weighted by Crippen LogP contribution is 2.27. The van der Waals surface area contributed by atoms with Crippen LogP contribution in [0.2, 0.25) is 0 Å². The zero-order valence-corrected chi connectivity index (χ0v) is 9.15. The lowest BCUT2D eigenvalue weighted by Gasteiger charge is -2.34. The average molecular weight is 239 g/mol. The van der Waals surface area contributed by atoms with Gasteiger partial charge in [-0.1, -0.05) is 0 Å². The Hall–Kier alpha value is -1.73. The fourth-order valence-electron chi connectivity index (χ4n) is 1.84. The van der Waals surface area contributed by atoms with Crippen LogP contribution >= 0.6 is 0 Å². The predicted octanol–water partition coefficient (Wildman–Crippen LogP) is 0.187.